The number of methoxy groups -OCH3 is 1. The number of hydrazone groups is 1. The highest BCUT2D eigenvalue weighted by atomic mass is 79.9. The summed E-state index contributed by atoms with van der Waals surface area (Å²) in [6.07, 6.45) is 4.57. The zero-order valence-electron chi connectivity index (χ0n) is 15.7. The minimum atomic E-state index is -0.337. The first-order chi connectivity index (χ1) is 14.5. The van der Waals surface area contributed by atoms with Gasteiger partial charge >= 0.3 is 0 Å². The molecule has 1 N–H and O–H groups in total. The molecule has 0 saturated carbocycles. The molecular weight excluding hydrogens is 493 g/mol. The minimum absolute atomic E-state index is 0.170. The smallest absolute Gasteiger partial charge is 0.271 e. The fourth-order valence-corrected chi connectivity index (χ4v) is 3.58. The normalized spacial score (nSPS) is 10.8. The Bertz CT molecular complexity index is 1060. The fraction of sp³-hybridized carbons (Fsp3) is 0.0952. The van der Waals surface area contributed by atoms with E-state index in [-0.39, 0.29) is 12.5 Å². The third-order valence-electron chi connectivity index (χ3n) is 4.00. The Morgan fingerprint density at radius 1 is 1.20 bits per heavy atom. The van der Waals surface area contributed by atoms with Crippen LogP contribution in [0.1, 0.15) is 21.5 Å². The van der Waals surface area contributed by atoms with Gasteiger partial charge in [0.1, 0.15) is 6.61 Å². The van der Waals surface area contributed by atoms with Crippen LogP contribution in [0.15, 0.2) is 64.4 Å². The maximum atomic E-state index is 12.0. The average molecular weight is 509 g/mol. The molecule has 0 radical (unpaired) electrons. The number of rotatable bonds is 7. The van der Waals surface area contributed by atoms with E-state index in [2.05, 4.69) is 31.4 Å². The Balaban J connectivity index is 1.73. The zero-order valence-corrected chi connectivity index (χ0v) is 18.8. The summed E-state index contributed by atoms with van der Waals surface area (Å²) in [7, 11) is 1.53. The van der Waals surface area contributed by atoms with E-state index in [1.54, 1.807) is 42.5 Å². The fourth-order valence-electron chi connectivity index (χ4n) is 2.50. The average Bonchev–Trinajstić information content (AvgIpc) is 2.74. The topological polar surface area (TPSA) is 72.8 Å². The predicted molar refractivity (Wildman–Crippen MR) is 121 cm³/mol. The van der Waals surface area contributed by atoms with Gasteiger partial charge in [0, 0.05) is 33.6 Å². The Labute approximate surface area is 192 Å². The lowest BCUT2D eigenvalue weighted by Gasteiger charge is -2.14. The molecule has 0 bridgehead atoms. The van der Waals surface area contributed by atoms with Gasteiger partial charge in [-0.1, -0.05) is 29.3 Å². The van der Waals surface area contributed by atoms with Crippen molar-refractivity contribution in [1.82, 2.24) is 10.4 Å². The zero-order chi connectivity index (χ0) is 21.5. The summed E-state index contributed by atoms with van der Waals surface area (Å²) in [5.41, 5.74) is 4.30. The lowest BCUT2D eigenvalue weighted by molar-refractivity contribution is 0.0955. The number of amides is 1. The van der Waals surface area contributed by atoms with Gasteiger partial charge in [-0.25, -0.2) is 5.43 Å². The number of halogens is 3. The molecular formula is C21H16BrCl2N3O3. The molecule has 0 fully saturated rings. The van der Waals surface area contributed by atoms with Gasteiger partial charge in [-0.3, -0.25) is 9.78 Å². The van der Waals surface area contributed by atoms with E-state index >= 15 is 0 Å². The lowest BCUT2D eigenvalue weighted by atomic mass is 10.2. The van der Waals surface area contributed by atoms with Crippen molar-refractivity contribution in [1.29, 1.82) is 0 Å². The van der Waals surface area contributed by atoms with Crippen LogP contribution in [0.2, 0.25) is 10.0 Å². The van der Waals surface area contributed by atoms with Crippen LogP contribution >= 0.6 is 39.1 Å². The summed E-state index contributed by atoms with van der Waals surface area (Å²) in [4.78, 5) is 15.9. The molecule has 1 aromatic heterocycles. The molecule has 3 aromatic rings. The predicted octanol–water partition coefficient (Wildman–Crippen LogP) is 5.50. The van der Waals surface area contributed by atoms with E-state index in [1.807, 2.05) is 0 Å². The van der Waals surface area contributed by atoms with Crippen LogP contribution in [0, 0.1) is 0 Å². The number of carbonyl (C=O) groups is 1. The van der Waals surface area contributed by atoms with Gasteiger partial charge in [-0.2, -0.15) is 5.10 Å². The van der Waals surface area contributed by atoms with Crippen molar-refractivity contribution in [2.24, 2.45) is 5.10 Å². The van der Waals surface area contributed by atoms with Crippen molar-refractivity contribution in [3.63, 3.8) is 0 Å². The Kier molecular flexibility index (Phi) is 7.68. The third kappa shape index (κ3) is 5.50. The van der Waals surface area contributed by atoms with E-state index in [0.717, 1.165) is 0 Å². The van der Waals surface area contributed by atoms with E-state index in [1.165, 1.54) is 25.7 Å². The molecule has 0 aliphatic rings. The summed E-state index contributed by atoms with van der Waals surface area (Å²) in [6, 6.07) is 12.0. The van der Waals surface area contributed by atoms with E-state index in [4.69, 9.17) is 32.7 Å². The second kappa shape index (κ2) is 10.4. The summed E-state index contributed by atoms with van der Waals surface area (Å²) >= 11 is 15.9. The highest BCUT2D eigenvalue weighted by molar-refractivity contribution is 9.10. The molecule has 1 heterocycles. The van der Waals surface area contributed by atoms with Crippen molar-refractivity contribution >= 4 is 51.3 Å². The van der Waals surface area contributed by atoms with Gasteiger partial charge < -0.3 is 9.47 Å². The molecule has 0 unspecified atom stereocenters. The SMILES string of the molecule is COc1cc(/C=N/NC(=O)c2ccncc2)cc(Br)c1OCc1c(Cl)cccc1Cl. The number of hydrogen-bond acceptors (Lipinski definition) is 5. The van der Waals surface area contributed by atoms with Gasteiger partial charge in [-0.15, -0.1) is 0 Å². The number of hydrogen-bond donors (Lipinski definition) is 1. The molecule has 0 spiro atoms. The number of carbonyl (C=O) groups excluding carboxylic acids is 1. The van der Waals surface area contributed by atoms with Crippen molar-refractivity contribution in [3.8, 4) is 11.5 Å². The van der Waals surface area contributed by atoms with Gasteiger partial charge in [0.05, 0.1) is 17.8 Å². The minimum Gasteiger partial charge on any atom is -0.493 e. The summed E-state index contributed by atoms with van der Waals surface area (Å²) in [5.74, 6) is 0.636. The number of pyridine rings is 1. The molecule has 9 heteroatoms. The maximum absolute atomic E-state index is 12.0. The molecule has 6 nitrogen and oxygen atoms in total. The highest BCUT2D eigenvalue weighted by Gasteiger charge is 2.14. The van der Waals surface area contributed by atoms with E-state index in [9.17, 15) is 4.79 Å². The third-order valence-corrected chi connectivity index (χ3v) is 5.29. The molecule has 1 amide bonds. The first-order valence-corrected chi connectivity index (χ1v) is 10.2. The Morgan fingerprint density at radius 2 is 1.90 bits per heavy atom. The molecule has 0 saturated heterocycles. The van der Waals surface area contributed by atoms with Crippen LogP contribution in [0.4, 0.5) is 0 Å². The number of nitrogens with one attached hydrogen (secondary N) is 1. The number of nitrogens with zero attached hydrogens (tertiary/aromatic N) is 2. The first-order valence-electron chi connectivity index (χ1n) is 8.66. The number of aromatic nitrogens is 1. The van der Waals surface area contributed by atoms with Crippen molar-refractivity contribution in [2.75, 3.05) is 7.11 Å². The van der Waals surface area contributed by atoms with Crippen LogP contribution < -0.4 is 14.9 Å². The summed E-state index contributed by atoms with van der Waals surface area (Å²) in [5, 5.41) is 5.02. The molecule has 0 aliphatic carbocycles. The maximum Gasteiger partial charge on any atom is 0.271 e. The molecule has 0 aliphatic heterocycles. The number of ether oxygens (including phenoxy) is 2. The lowest BCUT2D eigenvalue weighted by Crippen LogP contribution is -2.17. The van der Waals surface area contributed by atoms with Crippen LogP contribution in [-0.4, -0.2) is 24.2 Å². The molecule has 0 atom stereocenters. The Hall–Kier alpha value is -2.61. The monoisotopic (exact) mass is 507 g/mol. The van der Waals surface area contributed by atoms with Gasteiger partial charge in [0.2, 0.25) is 0 Å². The second-order valence-electron chi connectivity index (χ2n) is 5.96. The van der Waals surface area contributed by atoms with Crippen LogP contribution in [0.5, 0.6) is 11.5 Å². The second-order valence-corrected chi connectivity index (χ2v) is 7.63. The molecule has 3 rings (SSSR count). The standard InChI is InChI=1S/C21H16BrCl2N3O3/c1-29-19-10-13(11-26-27-21(28)14-5-7-25-8-6-14)9-16(22)20(19)30-12-15-17(23)3-2-4-18(15)24/h2-11H,12H2,1H3,(H,27,28)/b26-11+. The van der Waals surface area contributed by atoms with Crippen molar-refractivity contribution < 1.29 is 14.3 Å². The molecule has 154 valence electrons. The van der Waals surface area contributed by atoms with Crippen LogP contribution in [0.3, 0.4) is 0 Å². The number of benzene rings is 2. The van der Waals surface area contributed by atoms with Gasteiger partial charge in [0.15, 0.2) is 11.5 Å². The Morgan fingerprint density at radius 3 is 2.57 bits per heavy atom. The highest BCUT2D eigenvalue weighted by Crippen LogP contribution is 2.37. The van der Waals surface area contributed by atoms with Crippen LogP contribution in [-0.2, 0) is 6.61 Å². The van der Waals surface area contributed by atoms with Crippen molar-refractivity contribution in [2.45, 2.75) is 6.61 Å². The molecule has 30 heavy (non-hydrogen) atoms. The summed E-state index contributed by atoms with van der Waals surface area (Å²) in [6.45, 7) is 0.170. The first kappa shape index (κ1) is 22.1. The molecule has 2 aromatic carbocycles. The van der Waals surface area contributed by atoms with Crippen molar-refractivity contribution in [3.05, 3.63) is 86.1 Å². The van der Waals surface area contributed by atoms with Crippen LogP contribution in [0.25, 0.3) is 0 Å². The van der Waals surface area contributed by atoms with Gasteiger partial charge in [-0.05, 0) is 57.9 Å². The van der Waals surface area contributed by atoms with E-state index in [0.29, 0.717) is 42.7 Å². The van der Waals surface area contributed by atoms with E-state index < -0.39 is 0 Å². The quantitative estimate of drug-likeness (QED) is 0.337. The largest absolute Gasteiger partial charge is 0.493 e. The van der Waals surface area contributed by atoms with Gasteiger partial charge in [0.25, 0.3) is 5.91 Å². The summed E-state index contributed by atoms with van der Waals surface area (Å²) < 4.78 is 12.0.